The molecule has 0 fully saturated rings. The van der Waals surface area contributed by atoms with Crippen LogP contribution in [0.5, 0.6) is 11.5 Å². The number of Topliss-reactive ketones (excluding diaryl/α,β-unsaturated/α-hetero) is 1. The molecule has 0 aliphatic carbocycles. The van der Waals surface area contributed by atoms with Crippen molar-refractivity contribution in [1.29, 1.82) is 0 Å². The monoisotopic (exact) mass is 185 g/mol. The Morgan fingerprint density at radius 1 is 1.46 bits per heavy atom. The van der Waals surface area contributed by atoms with Gasteiger partial charge < -0.3 is 15.9 Å². The van der Waals surface area contributed by atoms with Crippen molar-refractivity contribution >= 4 is 5.78 Å². The lowest BCUT2D eigenvalue weighted by atomic mass is 10.1. The van der Waals surface area contributed by atoms with Crippen LogP contribution in [0.1, 0.15) is 10.4 Å². The van der Waals surface area contributed by atoms with Crippen molar-refractivity contribution in [2.24, 2.45) is 5.73 Å². The maximum absolute atomic E-state index is 12.9. The van der Waals surface area contributed by atoms with E-state index < -0.39 is 35.2 Å². The molecule has 0 heterocycles. The molecule has 0 spiro atoms. The van der Waals surface area contributed by atoms with Crippen LogP contribution >= 0.6 is 0 Å². The van der Waals surface area contributed by atoms with Gasteiger partial charge in [-0.2, -0.15) is 0 Å². The van der Waals surface area contributed by atoms with E-state index in [1.165, 1.54) is 0 Å². The summed E-state index contributed by atoms with van der Waals surface area (Å²) in [6.45, 7) is -0.423. The van der Waals surface area contributed by atoms with Crippen molar-refractivity contribution in [3.63, 3.8) is 0 Å². The molecule has 13 heavy (non-hydrogen) atoms. The minimum atomic E-state index is -0.897. The van der Waals surface area contributed by atoms with Crippen LogP contribution in [0.3, 0.4) is 0 Å². The third-order valence-electron chi connectivity index (χ3n) is 1.57. The predicted molar refractivity (Wildman–Crippen MR) is 43.1 cm³/mol. The number of nitrogens with two attached hydrogens (primary N) is 1. The van der Waals surface area contributed by atoms with Gasteiger partial charge in [0.05, 0.1) is 6.54 Å². The van der Waals surface area contributed by atoms with Crippen molar-refractivity contribution < 1.29 is 19.4 Å². The van der Waals surface area contributed by atoms with Gasteiger partial charge in [-0.1, -0.05) is 0 Å². The Kier molecular flexibility index (Phi) is 2.48. The topological polar surface area (TPSA) is 83.6 Å². The van der Waals surface area contributed by atoms with E-state index in [1.807, 2.05) is 0 Å². The van der Waals surface area contributed by atoms with Gasteiger partial charge in [0, 0.05) is 0 Å². The minimum absolute atomic E-state index is 0.423. The van der Waals surface area contributed by atoms with E-state index in [2.05, 4.69) is 0 Å². The molecule has 1 aromatic rings. The number of hydrogen-bond acceptors (Lipinski definition) is 4. The minimum Gasteiger partial charge on any atom is -0.504 e. The molecule has 70 valence electrons. The second kappa shape index (κ2) is 3.40. The summed E-state index contributed by atoms with van der Waals surface area (Å²) in [6, 6.07) is 1.84. The molecule has 1 rings (SSSR count). The number of benzene rings is 1. The summed E-state index contributed by atoms with van der Waals surface area (Å²) in [4.78, 5) is 11.0. The Morgan fingerprint density at radius 2 is 2.08 bits per heavy atom. The van der Waals surface area contributed by atoms with Gasteiger partial charge >= 0.3 is 0 Å². The molecule has 0 saturated heterocycles. The summed E-state index contributed by atoms with van der Waals surface area (Å²) < 4.78 is 12.9. The van der Waals surface area contributed by atoms with E-state index in [9.17, 15) is 9.18 Å². The molecule has 0 aliphatic heterocycles. The summed E-state index contributed by atoms with van der Waals surface area (Å²) in [6.07, 6.45) is 0. The van der Waals surface area contributed by atoms with Gasteiger partial charge in [-0.25, -0.2) is 4.39 Å². The van der Waals surface area contributed by atoms with E-state index in [0.29, 0.717) is 0 Å². The molecule has 1 aromatic carbocycles. The molecule has 0 aromatic heterocycles. The highest BCUT2D eigenvalue weighted by Gasteiger charge is 2.17. The van der Waals surface area contributed by atoms with Gasteiger partial charge in [0.15, 0.2) is 17.3 Å². The molecule has 4 nitrogen and oxygen atoms in total. The molecular weight excluding hydrogens is 177 g/mol. The highest BCUT2D eigenvalue weighted by atomic mass is 19.1. The zero-order valence-electron chi connectivity index (χ0n) is 6.62. The van der Waals surface area contributed by atoms with Crippen molar-refractivity contribution in [2.45, 2.75) is 0 Å². The lowest BCUT2D eigenvalue weighted by Gasteiger charge is -2.04. The van der Waals surface area contributed by atoms with Crippen LogP contribution in [0.2, 0.25) is 0 Å². The first-order chi connectivity index (χ1) is 6.07. The fraction of sp³-hybridized carbons (Fsp3) is 0.125. The van der Waals surface area contributed by atoms with Gasteiger partial charge in [-0.05, 0) is 12.1 Å². The van der Waals surface area contributed by atoms with Crippen LogP contribution < -0.4 is 5.73 Å². The summed E-state index contributed by atoms with van der Waals surface area (Å²) >= 11 is 0. The van der Waals surface area contributed by atoms with Crippen molar-refractivity contribution in [1.82, 2.24) is 0 Å². The zero-order chi connectivity index (χ0) is 10.0. The van der Waals surface area contributed by atoms with Crippen LogP contribution in [0.4, 0.5) is 4.39 Å². The maximum atomic E-state index is 12.9. The molecule has 5 heteroatoms. The van der Waals surface area contributed by atoms with Gasteiger partial charge in [0.1, 0.15) is 11.4 Å². The van der Waals surface area contributed by atoms with Crippen LogP contribution in [-0.2, 0) is 0 Å². The number of aromatic hydroxyl groups is 2. The van der Waals surface area contributed by atoms with Crippen molar-refractivity contribution in [3.8, 4) is 11.5 Å². The summed E-state index contributed by atoms with van der Waals surface area (Å²) in [5.41, 5.74) is 4.42. The molecule has 0 saturated carbocycles. The Hall–Kier alpha value is -1.62. The molecule has 0 atom stereocenters. The SMILES string of the molecule is NCC(=O)c1c(F)ccc(O)c1O. The molecule has 0 bridgehead atoms. The Balaban J connectivity index is 3.33. The number of phenolic OH excluding ortho intramolecular Hbond substituents is 2. The number of carbonyl (C=O) groups excluding carboxylic acids is 1. The highest BCUT2D eigenvalue weighted by molar-refractivity contribution is 6.00. The normalized spacial score (nSPS) is 10.0. The standard InChI is InChI=1S/C8H8FNO3/c9-4-1-2-5(11)8(13)7(4)6(12)3-10/h1-2,11,13H,3,10H2. The molecule has 0 radical (unpaired) electrons. The average Bonchev–Trinajstić information content (AvgIpc) is 2.12. The first-order valence-electron chi connectivity index (χ1n) is 3.51. The van der Waals surface area contributed by atoms with E-state index in [4.69, 9.17) is 15.9 Å². The third-order valence-corrected chi connectivity index (χ3v) is 1.57. The summed E-state index contributed by atoms with van der Waals surface area (Å²) in [7, 11) is 0. The van der Waals surface area contributed by atoms with E-state index in [1.54, 1.807) is 0 Å². The zero-order valence-corrected chi connectivity index (χ0v) is 6.62. The first kappa shape index (κ1) is 9.47. The molecular formula is C8H8FNO3. The lowest BCUT2D eigenvalue weighted by molar-refractivity contribution is 0.0994. The fourth-order valence-electron chi connectivity index (χ4n) is 0.923. The van der Waals surface area contributed by atoms with E-state index in [0.717, 1.165) is 12.1 Å². The van der Waals surface area contributed by atoms with Gasteiger partial charge in [-0.3, -0.25) is 4.79 Å². The van der Waals surface area contributed by atoms with Gasteiger partial charge in [0.2, 0.25) is 0 Å². The van der Waals surface area contributed by atoms with Gasteiger partial charge in [0.25, 0.3) is 0 Å². The maximum Gasteiger partial charge on any atom is 0.183 e. The molecule has 4 N–H and O–H groups in total. The van der Waals surface area contributed by atoms with Gasteiger partial charge in [-0.15, -0.1) is 0 Å². The number of phenols is 2. The first-order valence-corrected chi connectivity index (χ1v) is 3.51. The van der Waals surface area contributed by atoms with Crippen LogP contribution in [0.25, 0.3) is 0 Å². The van der Waals surface area contributed by atoms with Crippen molar-refractivity contribution in [2.75, 3.05) is 6.54 Å². The van der Waals surface area contributed by atoms with Crippen LogP contribution in [0, 0.1) is 5.82 Å². The number of hydrogen-bond donors (Lipinski definition) is 3. The summed E-state index contributed by atoms with van der Waals surface area (Å²) in [5, 5.41) is 18.1. The lowest BCUT2D eigenvalue weighted by Crippen LogP contribution is -2.15. The predicted octanol–water partition coefficient (Wildman–Crippen LogP) is 0.378. The number of ketones is 1. The quantitative estimate of drug-likeness (QED) is 0.459. The van der Waals surface area contributed by atoms with Crippen LogP contribution in [0.15, 0.2) is 12.1 Å². The third kappa shape index (κ3) is 1.59. The number of halogens is 1. The number of carbonyl (C=O) groups is 1. The number of rotatable bonds is 2. The van der Waals surface area contributed by atoms with Crippen molar-refractivity contribution in [3.05, 3.63) is 23.5 Å². The molecule has 0 unspecified atom stereocenters. The average molecular weight is 185 g/mol. The van der Waals surface area contributed by atoms with Crippen LogP contribution in [-0.4, -0.2) is 22.5 Å². The Bertz CT molecular complexity index is 351. The smallest absolute Gasteiger partial charge is 0.183 e. The summed E-state index contributed by atoms with van der Waals surface area (Å²) in [5.74, 6) is -2.97. The molecule has 0 amide bonds. The second-order valence-corrected chi connectivity index (χ2v) is 2.42. The Morgan fingerprint density at radius 3 is 2.62 bits per heavy atom. The van der Waals surface area contributed by atoms with E-state index in [-0.39, 0.29) is 0 Å². The fourth-order valence-corrected chi connectivity index (χ4v) is 0.923. The largest absolute Gasteiger partial charge is 0.504 e. The molecule has 0 aliphatic rings. The Labute approximate surface area is 73.4 Å². The second-order valence-electron chi connectivity index (χ2n) is 2.42. The highest BCUT2D eigenvalue weighted by Crippen LogP contribution is 2.30. The van der Waals surface area contributed by atoms with E-state index >= 15 is 0 Å².